The van der Waals surface area contributed by atoms with E-state index in [2.05, 4.69) is 46.5 Å². The van der Waals surface area contributed by atoms with Gasteiger partial charge in [-0.05, 0) is 56.2 Å². The van der Waals surface area contributed by atoms with Crippen LogP contribution in [-0.4, -0.2) is 60.5 Å². The molecule has 210 valence electrons. The molecule has 15 heteroatoms. The third kappa shape index (κ3) is 7.44. The van der Waals surface area contributed by atoms with Crippen molar-refractivity contribution in [1.29, 1.82) is 5.26 Å². The van der Waals surface area contributed by atoms with Gasteiger partial charge in [0.1, 0.15) is 30.3 Å². The van der Waals surface area contributed by atoms with Crippen LogP contribution in [0.5, 0.6) is 0 Å². The molecule has 4 rings (SSSR count). The van der Waals surface area contributed by atoms with Crippen LogP contribution in [0.15, 0.2) is 59.7 Å². The Balaban J connectivity index is 1.43. The highest BCUT2D eigenvalue weighted by Gasteiger charge is 2.28. The van der Waals surface area contributed by atoms with Gasteiger partial charge in [0.2, 0.25) is 12.2 Å². The Kier molecular flexibility index (Phi) is 8.95. The first kappa shape index (κ1) is 29.2. The molecule has 0 radical (unpaired) electrons. The van der Waals surface area contributed by atoms with Crippen LogP contribution in [0.3, 0.4) is 0 Å². The van der Waals surface area contributed by atoms with Crippen LogP contribution in [0.1, 0.15) is 12.1 Å². The molecule has 0 aliphatic rings. The predicted molar refractivity (Wildman–Crippen MR) is 152 cm³/mol. The molecule has 0 unspecified atom stereocenters. The highest BCUT2D eigenvalue weighted by Crippen LogP contribution is 2.27. The quantitative estimate of drug-likeness (QED) is 0.106. The Morgan fingerprint density at radius 2 is 2.07 bits per heavy atom. The summed E-state index contributed by atoms with van der Waals surface area (Å²) in [6.07, 6.45) is 7.48. The van der Waals surface area contributed by atoms with Crippen molar-refractivity contribution in [3.8, 4) is 6.07 Å². The molecule has 2 N–H and O–H groups in total. The Hall–Kier alpha value is -4.81. The fourth-order valence-corrected chi connectivity index (χ4v) is 4.37. The highest BCUT2D eigenvalue weighted by atomic mass is 79.9. The van der Waals surface area contributed by atoms with Gasteiger partial charge in [-0.2, -0.15) is 5.26 Å². The molecule has 0 saturated carbocycles. The number of imidazole rings is 1. The van der Waals surface area contributed by atoms with Crippen molar-refractivity contribution >= 4 is 55.9 Å². The molecular formula is C26H25BrFN10O3+. The van der Waals surface area contributed by atoms with Gasteiger partial charge in [0.05, 0.1) is 49.3 Å². The molecule has 1 aromatic carbocycles. The zero-order valence-electron chi connectivity index (χ0n) is 22.1. The number of benzene rings is 1. The van der Waals surface area contributed by atoms with Crippen molar-refractivity contribution in [2.45, 2.75) is 19.5 Å². The van der Waals surface area contributed by atoms with Gasteiger partial charge in [-0.1, -0.05) is 0 Å². The predicted octanol–water partition coefficient (Wildman–Crippen LogP) is 4.46. The molecule has 0 aliphatic carbocycles. The molecule has 0 fully saturated rings. The second kappa shape index (κ2) is 12.6. The second-order valence-electron chi connectivity index (χ2n) is 9.60. The summed E-state index contributed by atoms with van der Waals surface area (Å²) in [5.74, 6) is -0.338. The lowest BCUT2D eigenvalue weighted by atomic mass is 10.2. The van der Waals surface area contributed by atoms with Gasteiger partial charge in [-0.25, -0.2) is 19.3 Å². The summed E-state index contributed by atoms with van der Waals surface area (Å²) in [5, 5.41) is 26.8. The van der Waals surface area contributed by atoms with E-state index in [1.165, 1.54) is 31.0 Å². The van der Waals surface area contributed by atoms with Crippen LogP contribution in [0.4, 0.5) is 27.5 Å². The van der Waals surface area contributed by atoms with Crippen LogP contribution in [0.25, 0.3) is 10.9 Å². The van der Waals surface area contributed by atoms with Crippen LogP contribution < -0.4 is 10.6 Å². The van der Waals surface area contributed by atoms with E-state index >= 15 is 0 Å². The van der Waals surface area contributed by atoms with Gasteiger partial charge >= 0.3 is 5.82 Å². The summed E-state index contributed by atoms with van der Waals surface area (Å²) < 4.78 is 15.8. The number of carbonyl (C=O) groups excluding carboxylic acids is 1. The molecule has 13 nitrogen and oxygen atoms in total. The van der Waals surface area contributed by atoms with Gasteiger partial charge in [0, 0.05) is 23.7 Å². The fourth-order valence-electron chi connectivity index (χ4n) is 3.99. The summed E-state index contributed by atoms with van der Waals surface area (Å²) in [4.78, 5) is 40.2. The molecule has 3 heterocycles. The van der Waals surface area contributed by atoms with E-state index in [-0.39, 0.29) is 24.6 Å². The highest BCUT2D eigenvalue weighted by molar-refractivity contribution is 9.10. The summed E-state index contributed by atoms with van der Waals surface area (Å²) in [5.41, 5.74) is 1.55. The lowest BCUT2D eigenvalue weighted by Crippen LogP contribution is -2.39. The Morgan fingerprint density at radius 3 is 2.80 bits per heavy atom. The molecule has 0 atom stereocenters. The van der Waals surface area contributed by atoms with Crippen LogP contribution in [0.2, 0.25) is 0 Å². The molecule has 41 heavy (non-hydrogen) atoms. The van der Waals surface area contributed by atoms with E-state index in [0.29, 0.717) is 50.1 Å². The molecule has 0 aliphatic heterocycles. The number of rotatable bonds is 11. The van der Waals surface area contributed by atoms with Crippen molar-refractivity contribution in [3.63, 3.8) is 0 Å². The molecule has 1 amide bonds. The largest absolute Gasteiger partial charge is 0.390 e. The number of pyridine rings is 1. The number of aryl methyl sites for hydroxylation is 1. The van der Waals surface area contributed by atoms with Crippen molar-refractivity contribution in [2.75, 3.05) is 31.3 Å². The Bertz CT molecular complexity index is 1680. The van der Waals surface area contributed by atoms with Crippen LogP contribution >= 0.6 is 15.9 Å². The van der Waals surface area contributed by atoms with E-state index in [9.17, 15) is 19.3 Å². The lowest BCUT2D eigenvalue weighted by molar-refractivity contribution is -0.898. The fraction of sp³-hybridized carbons (Fsp3) is 0.231. The van der Waals surface area contributed by atoms with E-state index in [1.54, 1.807) is 28.8 Å². The van der Waals surface area contributed by atoms with Crippen molar-refractivity contribution in [3.05, 3.63) is 81.4 Å². The van der Waals surface area contributed by atoms with Crippen LogP contribution in [-0.2, 0) is 17.9 Å². The minimum Gasteiger partial charge on any atom is -0.358 e. The Morgan fingerprint density at radius 1 is 1.27 bits per heavy atom. The average molecular weight is 624 g/mol. The number of quaternary nitrogens is 1. The SMILES string of the molecule is C[N+](C)(C/C=C/C(=O)Nc1cc2c(Nc3ccc(F)c(Br)c3)ncnc2cn1)Cc1c([N+](=O)[O-])ncn1CCC#N. The first-order chi connectivity index (χ1) is 19.6. The maximum absolute atomic E-state index is 13.6. The van der Waals surface area contributed by atoms with Gasteiger partial charge in [-0.3, -0.25) is 4.79 Å². The third-order valence-corrected chi connectivity index (χ3v) is 6.57. The number of fused-ring (bicyclic) bond motifs is 1. The number of amides is 1. The zero-order valence-corrected chi connectivity index (χ0v) is 23.7. The summed E-state index contributed by atoms with van der Waals surface area (Å²) in [6.45, 7) is 0.946. The van der Waals surface area contributed by atoms with E-state index in [4.69, 9.17) is 5.26 Å². The van der Waals surface area contributed by atoms with Crippen LogP contribution in [0, 0.1) is 27.3 Å². The number of nitrogens with zero attached hydrogens (tertiary/aromatic N) is 8. The van der Waals surface area contributed by atoms with E-state index < -0.39 is 16.6 Å². The van der Waals surface area contributed by atoms with Crippen molar-refractivity contribution < 1.29 is 18.6 Å². The summed E-state index contributed by atoms with van der Waals surface area (Å²) in [7, 11) is 3.74. The maximum Gasteiger partial charge on any atom is 0.390 e. The maximum atomic E-state index is 13.6. The smallest absolute Gasteiger partial charge is 0.358 e. The molecule has 0 bridgehead atoms. The lowest BCUT2D eigenvalue weighted by Gasteiger charge is -2.28. The molecule has 0 saturated heterocycles. The summed E-state index contributed by atoms with van der Waals surface area (Å²) in [6, 6.07) is 8.13. The number of likely N-dealkylation sites (N-methyl/N-ethyl adjacent to an activating group) is 1. The number of nitriles is 1. The van der Waals surface area contributed by atoms with Gasteiger partial charge in [0.15, 0.2) is 5.69 Å². The minimum atomic E-state index is -0.539. The van der Waals surface area contributed by atoms with E-state index in [0.717, 1.165) is 0 Å². The molecule has 3 aromatic heterocycles. The number of aromatic nitrogens is 5. The standard InChI is InChI=1S/C26H24BrFN10O3/c1-38(2,14-22-26(37(40)41)33-16-36(22)9-4-8-29)10-3-5-24(39)35-23-12-18-21(13-30-23)31-15-32-25(18)34-17-6-7-20(28)19(27)11-17/h3,5-7,11-13,15-16H,4,9-10,14H2,1-2H3,(H-,30,31,32,34,35,39)/p+1/b5-3+. The topological polar surface area (TPSA) is 165 Å². The zero-order chi connectivity index (χ0) is 29.6. The normalized spacial score (nSPS) is 11.5. The van der Waals surface area contributed by atoms with Gasteiger partial charge in [0.25, 0.3) is 0 Å². The number of nitro groups is 1. The molecular weight excluding hydrogens is 599 g/mol. The monoisotopic (exact) mass is 623 g/mol. The molecule has 0 spiro atoms. The van der Waals surface area contributed by atoms with Gasteiger partial charge in [-0.15, -0.1) is 0 Å². The number of hydrogen-bond acceptors (Lipinski definition) is 9. The van der Waals surface area contributed by atoms with Crippen molar-refractivity contribution in [2.24, 2.45) is 0 Å². The Labute approximate surface area is 242 Å². The molecule has 4 aromatic rings. The van der Waals surface area contributed by atoms with Gasteiger partial charge < -0.3 is 29.8 Å². The minimum absolute atomic E-state index is 0.199. The average Bonchev–Trinajstić information content (AvgIpc) is 3.31. The van der Waals surface area contributed by atoms with Crippen molar-refractivity contribution in [1.82, 2.24) is 24.5 Å². The first-order valence-electron chi connectivity index (χ1n) is 12.2. The summed E-state index contributed by atoms with van der Waals surface area (Å²) >= 11 is 3.16. The number of halogens is 2. The van der Waals surface area contributed by atoms with E-state index in [1.807, 2.05) is 20.2 Å². The third-order valence-electron chi connectivity index (χ3n) is 5.96. The number of nitrogens with one attached hydrogen (secondary N) is 2. The number of anilines is 3. The number of hydrogen-bond donors (Lipinski definition) is 2. The second-order valence-corrected chi connectivity index (χ2v) is 10.5. The number of carbonyl (C=O) groups is 1. The first-order valence-corrected chi connectivity index (χ1v) is 13.0.